The maximum Gasteiger partial charge on any atom is 0.229 e. The normalized spacial score (nSPS) is 20.6. The number of nitrogens with zero attached hydrogens (tertiary/aromatic N) is 1. The van der Waals surface area contributed by atoms with Gasteiger partial charge in [0.1, 0.15) is 11.5 Å². The molecule has 0 aromatic heterocycles. The predicted octanol–water partition coefficient (Wildman–Crippen LogP) is 3.11. The van der Waals surface area contributed by atoms with E-state index in [9.17, 15) is 9.18 Å². The molecule has 1 amide bonds. The molecule has 4 nitrogen and oxygen atoms in total. The molecular weight excluding hydrogens is 291 g/mol. The van der Waals surface area contributed by atoms with Crippen LogP contribution in [0.25, 0.3) is 0 Å². The number of amides is 1. The fraction of sp³-hybridized carbons (Fsp3) is 0.467. The highest BCUT2D eigenvalue weighted by molar-refractivity contribution is 8.14. The molecule has 1 N–H and O–H groups in total. The van der Waals surface area contributed by atoms with Crippen molar-refractivity contribution < 1.29 is 13.9 Å². The Morgan fingerprint density at radius 3 is 3.00 bits per heavy atom. The Morgan fingerprint density at radius 1 is 1.48 bits per heavy atom. The second-order valence-corrected chi connectivity index (χ2v) is 5.71. The van der Waals surface area contributed by atoms with Crippen molar-refractivity contribution in [1.82, 2.24) is 5.32 Å². The van der Waals surface area contributed by atoms with Gasteiger partial charge >= 0.3 is 0 Å². The summed E-state index contributed by atoms with van der Waals surface area (Å²) in [6.45, 7) is 3.33. The monoisotopic (exact) mass is 310 g/mol. The number of halogens is 1. The molecule has 1 aromatic carbocycles. The first kappa shape index (κ1) is 16.0. The molecule has 1 aromatic rings. The van der Waals surface area contributed by atoms with E-state index in [1.165, 1.54) is 17.8 Å². The van der Waals surface area contributed by atoms with Crippen molar-refractivity contribution >= 4 is 28.5 Å². The molecule has 1 fully saturated rings. The largest absolute Gasteiger partial charge is 0.382 e. The minimum atomic E-state index is -0.390. The minimum Gasteiger partial charge on any atom is -0.382 e. The van der Waals surface area contributed by atoms with Crippen molar-refractivity contribution in [2.75, 3.05) is 19.0 Å². The minimum absolute atomic E-state index is 0.0324. The first-order valence-corrected chi connectivity index (χ1v) is 8.04. The summed E-state index contributed by atoms with van der Waals surface area (Å²) >= 11 is 1.45. The average Bonchev–Trinajstić information content (AvgIpc) is 2.48. The fourth-order valence-electron chi connectivity index (χ4n) is 2.00. The summed E-state index contributed by atoms with van der Waals surface area (Å²) in [6, 6.07) is 6.27. The SMILES string of the molecule is CCOCCCC1CSC(=Nc2ccccc2F)NC1=O. The number of amidine groups is 1. The van der Waals surface area contributed by atoms with E-state index in [4.69, 9.17) is 4.74 Å². The molecule has 0 radical (unpaired) electrons. The van der Waals surface area contributed by atoms with Crippen molar-refractivity contribution in [3.8, 4) is 0 Å². The Hall–Kier alpha value is -1.40. The summed E-state index contributed by atoms with van der Waals surface area (Å²) < 4.78 is 18.8. The summed E-state index contributed by atoms with van der Waals surface area (Å²) in [5.74, 6) is 0.208. The molecule has 0 saturated carbocycles. The lowest BCUT2D eigenvalue weighted by atomic mass is 10.1. The molecule has 0 aliphatic carbocycles. The van der Waals surface area contributed by atoms with Gasteiger partial charge in [-0.2, -0.15) is 0 Å². The topological polar surface area (TPSA) is 50.7 Å². The molecule has 21 heavy (non-hydrogen) atoms. The zero-order valence-electron chi connectivity index (χ0n) is 12.0. The number of rotatable bonds is 6. The predicted molar refractivity (Wildman–Crippen MR) is 83.3 cm³/mol. The van der Waals surface area contributed by atoms with Crippen molar-refractivity contribution in [3.05, 3.63) is 30.1 Å². The van der Waals surface area contributed by atoms with Crippen LogP contribution in [0, 0.1) is 11.7 Å². The third-order valence-electron chi connectivity index (χ3n) is 3.14. The molecule has 1 aliphatic rings. The Morgan fingerprint density at radius 2 is 2.29 bits per heavy atom. The Kier molecular flexibility index (Phi) is 6.20. The van der Waals surface area contributed by atoms with E-state index in [0.717, 1.165) is 12.8 Å². The molecule has 1 saturated heterocycles. The quantitative estimate of drug-likeness (QED) is 0.821. The molecule has 6 heteroatoms. The zero-order valence-corrected chi connectivity index (χ0v) is 12.8. The van der Waals surface area contributed by atoms with Gasteiger partial charge in [0.25, 0.3) is 0 Å². The van der Waals surface area contributed by atoms with E-state index in [-0.39, 0.29) is 17.5 Å². The molecule has 1 unspecified atom stereocenters. The van der Waals surface area contributed by atoms with Gasteiger partial charge in [0.2, 0.25) is 5.91 Å². The summed E-state index contributed by atoms with van der Waals surface area (Å²) in [4.78, 5) is 16.2. The number of benzene rings is 1. The van der Waals surface area contributed by atoms with Gasteiger partial charge in [-0.05, 0) is 31.9 Å². The van der Waals surface area contributed by atoms with Gasteiger partial charge in [-0.15, -0.1) is 0 Å². The van der Waals surface area contributed by atoms with Gasteiger partial charge in [0.05, 0.1) is 0 Å². The second-order valence-electron chi connectivity index (χ2n) is 4.70. The van der Waals surface area contributed by atoms with Crippen LogP contribution in [0.4, 0.5) is 10.1 Å². The highest BCUT2D eigenvalue weighted by Crippen LogP contribution is 2.24. The molecule has 1 heterocycles. The molecule has 2 rings (SSSR count). The molecular formula is C15H19FN2O2S. The number of ether oxygens (including phenoxy) is 1. The highest BCUT2D eigenvalue weighted by atomic mass is 32.2. The van der Waals surface area contributed by atoms with Crippen LogP contribution in [0.2, 0.25) is 0 Å². The van der Waals surface area contributed by atoms with E-state index in [1.54, 1.807) is 18.2 Å². The van der Waals surface area contributed by atoms with E-state index in [0.29, 0.717) is 24.1 Å². The summed E-state index contributed by atoms with van der Waals surface area (Å²) in [7, 11) is 0. The van der Waals surface area contributed by atoms with Crippen LogP contribution in [-0.4, -0.2) is 30.0 Å². The lowest BCUT2D eigenvalue weighted by Gasteiger charge is -2.22. The van der Waals surface area contributed by atoms with Gasteiger partial charge in [-0.25, -0.2) is 9.38 Å². The lowest BCUT2D eigenvalue weighted by Crippen LogP contribution is -2.40. The average molecular weight is 310 g/mol. The van der Waals surface area contributed by atoms with Crippen molar-refractivity contribution in [2.45, 2.75) is 19.8 Å². The van der Waals surface area contributed by atoms with E-state index in [2.05, 4.69) is 10.3 Å². The molecule has 0 bridgehead atoms. The third kappa shape index (κ3) is 4.82. The van der Waals surface area contributed by atoms with Gasteiger partial charge in [0.15, 0.2) is 5.17 Å². The Balaban J connectivity index is 1.89. The van der Waals surface area contributed by atoms with Crippen molar-refractivity contribution in [3.63, 3.8) is 0 Å². The van der Waals surface area contributed by atoms with Gasteiger partial charge in [-0.1, -0.05) is 23.9 Å². The molecule has 114 valence electrons. The standard InChI is InChI=1S/C15H19FN2O2S/c1-2-20-9-5-6-11-10-21-15(18-14(11)19)17-13-8-4-3-7-12(13)16/h3-4,7-8,11H,2,5-6,9-10H2,1H3,(H,17,18,19). The van der Waals surface area contributed by atoms with E-state index >= 15 is 0 Å². The van der Waals surface area contributed by atoms with Crippen LogP contribution in [0.15, 0.2) is 29.3 Å². The zero-order chi connectivity index (χ0) is 15.1. The third-order valence-corrected chi connectivity index (χ3v) is 4.18. The maximum absolute atomic E-state index is 13.5. The van der Waals surface area contributed by atoms with E-state index in [1.807, 2.05) is 6.92 Å². The van der Waals surface area contributed by atoms with Gasteiger partial charge < -0.3 is 10.1 Å². The first-order chi connectivity index (χ1) is 10.2. The summed E-state index contributed by atoms with van der Waals surface area (Å²) in [5, 5.41) is 3.21. The number of hydrogen-bond donors (Lipinski definition) is 1. The Bertz CT molecular complexity index is 522. The number of carbonyl (C=O) groups excluding carboxylic acids is 1. The van der Waals surface area contributed by atoms with Crippen LogP contribution < -0.4 is 5.32 Å². The number of thioether (sulfide) groups is 1. The molecule has 1 aliphatic heterocycles. The number of carbonyl (C=O) groups is 1. The highest BCUT2D eigenvalue weighted by Gasteiger charge is 2.25. The second kappa shape index (κ2) is 8.14. The number of aliphatic imine (C=N–C) groups is 1. The van der Waals surface area contributed by atoms with Crippen LogP contribution in [-0.2, 0) is 9.53 Å². The van der Waals surface area contributed by atoms with Crippen LogP contribution in [0.1, 0.15) is 19.8 Å². The molecule has 1 atom stereocenters. The maximum atomic E-state index is 13.5. The Labute approximate surface area is 128 Å². The lowest BCUT2D eigenvalue weighted by molar-refractivity contribution is -0.123. The first-order valence-electron chi connectivity index (χ1n) is 7.05. The van der Waals surface area contributed by atoms with Crippen LogP contribution >= 0.6 is 11.8 Å². The van der Waals surface area contributed by atoms with Crippen molar-refractivity contribution in [1.29, 1.82) is 0 Å². The van der Waals surface area contributed by atoms with Gasteiger partial charge in [-0.3, -0.25) is 4.79 Å². The number of nitrogens with one attached hydrogen (secondary N) is 1. The van der Waals surface area contributed by atoms with Crippen LogP contribution in [0.3, 0.4) is 0 Å². The fourth-order valence-corrected chi connectivity index (χ4v) is 3.01. The smallest absolute Gasteiger partial charge is 0.229 e. The van der Waals surface area contributed by atoms with Crippen LogP contribution in [0.5, 0.6) is 0 Å². The summed E-state index contributed by atoms with van der Waals surface area (Å²) in [6.07, 6.45) is 1.66. The molecule has 0 spiro atoms. The number of hydrogen-bond acceptors (Lipinski definition) is 4. The van der Waals surface area contributed by atoms with Crippen molar-refractivity contribution in [2.24, 2.45) is 10.9 Å². The summed E-state index contributed by atoms with van der Waals surface area (Å²) in [5.41, 5.74) is 0.245. The number of para-hydroxylation sites is 1. The van der Waals surface area contributed by atoms with Gasteiger partial charge in [0, 0.05) is 24.9 Å². The van der Waals surface area contributed by atoms with E-state index < -0.39 is 5.82 Å².